The number of aliphatic carboxylic acids is 1. The third-order valence-electron chi connectivity index (χ3n) is 4.18. The molecule has 2 amide bonds. The number of imide groups is 1. The number of carbonyl (C=O) groups is 4. The van der Waals surface area contributed by atoms with Crippen molar-refractivity contribution in [2.75, 3.05) is 7.11 Å². The number of methoxy groups -OCH3 is 1. The summed E-state index contributed by atoms with van der Waals surface area (Å²) >= 11 is 0. The lowest BCUT2D eigenvalue weighted by Crippen LogP contribution is -2.50. The summed E-state index contributed by atoms with van der Waals surface area (Å²) in [7, 11) is 1.12. The van der Waals surface area contributed by atoms with Gasteiger partial charge in [-0.25, -0.2) is 4.79 Å². The van der Waals surface area contributed by atoms with E-state index in [9.17, 15) is 19.2 Å². The van der Waals surface area contributed by atoms with Gasteiger partial charge in [-0.05, 0) is 12.8 Å². The molecule has 7 nitrogen and oxygen atoms in total. The summed E-state index contributed by atoms with van der Waals surface area (Å²) < 4.78 is 4.63. The summed E-state index contributed by atoms with van der Waals surface area (Å²) in [5.41, 5.74) is 0. The van der Waals surface area contributed by atoms with Gasteiger partial charge in [-0.2, -0.15) is 0 Å². The number of carboxylic acids is 1. The Morgan fingerprint density at radius 2 is 1.31 bits per heavy atom. The molecule has 0 spiro atoms. The van der Waals surface area contributed by atoms with Crippen LogP contribution in [0.15, 0.2) is 0 Å². The highest BCUT2D eigenvalue weighted by Crippen LogP contribution is 2.16. The number of esters is 1. The first-order valence-electron chi connectivity index (χ1n) is 9.53. The maximum atomic E-state index is 12.6. The lowest BCUT2D eigenvalue weighted by atomic mass is 10.1. The molecule has 150 valence electrons. The summed E-state index contributed by atoms with van der Waals surface area (Å²) in [6.07, 6.45) is 6.49. The highest BCUT2D eigenvalue weighted by molar-refractivity contribution is 6.00. The Morgan fingerprint density at radius 3 is 1.65 bits per heavy atom. The van der Waals surface area contributed by atoms with Crippen molar-refractivity contribution in [1.29, 1.82) is 0 Å². The highest BCUT2D eigenvalue weighted by Gasteiger charge is 2.36. The molecule has 0 aliphatic carbocycles. The molecule has 0 aromatic rings. The van der Waals surface area contributed by atoms with Crippen molar-refractivity contribution in [3.63, 3.8) is 0 Å². The molecule has 1 atom stereocenters. The predicted octanol–water partition coefficient (Wildman–Crippen LogP) is 3.30. The Balaban J connectivity index is 5.19. The predicted molar refractivity (Wildman–Crippen MR) is 97.4 cm³/mol. The van der Waals surface area contributed by atoms with E-state index in [2.05, 4.69) is 4.74 Å². The normalized spacial score (nSPS) is 11.7. The van der Waals surface area contributed by atoms with E-state index in [1.165, 1.54) is 0 Å². The van der Waals surface area contributed by atoms with E-state index >= 15 is 0 Å². The minimum Gasteiger partial charge on any atom is -0.481 e. The average molecular weight is 371 g/mol. The van der Waals surface area contributed by atoms with Crippen LogP contribution in [0.4, 0.5) is 0 Å². The van der Waals surface area contributed by atoms with Gasteiger partial charge in [-0.1, -0.05) is 52.4 Å². The van der Waals surface area contributed by atoms with Crippen molar-refractivity contribution < 1.29 is 29.0 Å². The molecule has 0 heterocycles. The lowest BCUT2D eigenvalue weighted by Gasteiger charge is -2.27. The maximum absolute atomic E-state index is 12.6. The van der Waals surface area contributed by atoms with Crippen molar-refractivity contribution in [1.82, 2.24) is 4.90 Å². The highest BCUT2D eigenvalue weighted by atomic mass is 16.5. The van der Waals surface area contributed by atoms with E-state index in [0.717, 1.165) is 50.5 Å². The lowest BCUT2D eigenvalue weighted by molar-refractivity contribution is -0.162. The van der Waals surface area contributed by atoms with Gasteiger partial charge in [0.05, 0.1) is 13.5 Å². The van der Waals surface area contributed by atoms with E-state index in [-0.39, 0.29) is 12.8 Å². The number of hydrogen-bond acceptors (Lipinski definition) is 5. The van der Waals surface area contributed by atoms with E-state index in [1.54, 1.807) is 0 Å². The van der Waals surface area contributed by atoms with Crippen molar-refractivity contribution in [2.45, 2.75) is 90.5 Å². The quantitative estimate of drug-likeness (QED) is 0.371. The van der Waals surface area contributed by atoms with E-state index in [4.69, 9.17) is 5.11 Å². The number of hydrogen-bond donors (Lipinski definition) is 1. The third kappa shape index (κ3) is 9.53. The standard InChI is InChI=1S/C19H33NO6/c1-4-6-8-10-12-16(21)20(17(22)13-11-9-7-5-2)15(14-18(23)24)19(25)26-3/h15H,4-14H2,1-3H3,(H,23,24). The molecular weight excluding hydrogens is 338 g/mol. The van der Waals surface area contributed by atoms with Gasteiger partial charge < -0.3 is 9.84 Å². The maximum Gasteiger partial charge on any atom is 0.329 e. The molecule has 26 heavy (non-hydrogen) atoms. The van der Waals surface area contributed by atoms with Crippen LogP contribution < -0.4 is 0 Å². The minimum absolute atomic E-state index is 0.119. The summed E-state index contributed by atoms with van der Waals surface area (Å²) in [6.45, 7) is 4.10. The SMILES string of the molecule is CCCCCCC(=O)N(C(=O)CCCCCC)C(CC(=O)O)C(=O)OC. The third-order valence-corrected chi connectivity index (χ3v) is 4.18. The Morgan fingerprint density at radius 1 is 0.846 bits per heavy atom. The monoisotopic (exact) mass is 371 g/mol. The largest absolute Gasteiger partial charge is 0.481 e. The van der Waals surface area contributed by atoms with Gasteiger partial charge in [0.2, 0.25) is 11.8 Å². The fourth-order valence-corrected chi connectivity index (χ4v) is 2.72. The van der Waals surface area contributed by atoms with E-state index in [0.29, 0.717) is 12.8 Å². The molecule has 1 N–H and O–H groups in total. The van der Waals surface area contributed by atoms with Crippen LogP contribution in [-0.2, 0) is 23.9 Å². The van der Waals surface area contributed by atoms with Gasteiger partial charge >= 0.3 is 11.9 Å². The molecule has 0 aromatic heterocycles. The fraction of sp³-hybridized carbons (Fsp3) is 0.789. The van der Waals surface area contributed by atoms with Gasteiger partial charge in [0.15, 0.2) is 0 Å². The topological polar surface area (TPSA) is 101 Å². The van der Waals surface area contributed by atoms with Crippen LogP contribution in [0.25, 0.3) is 0 Å². The molecule has 0 aliphatic heterocycles. The van der Waals surface area contributed by atoms with Gasteiger partial charge in [-0.3, -0.25) is 19.3 Å². The number of nitrogens with zero attached hydrogens (tertiary/aromatic N) is 1. The first-order valence-corrected chi connectivity index (χ1v) is 9.53. The molecule has 0 saturated carbocycles. The first kappa shape index (κ1) is 24.1. The minimum atomic E-state index is -1.41. The van der Waals surface area contributed by atoms with Crippen molar-refractivity contribution in [3.05, 3.63) is 0 Å². The zero-order valence-electron chi connectivity index (χ0n) is 16.3. The van der Waals surface area contributed by atoms with Crippen LogP contribution in [-0.4, -0.2) is 46.9 Å². The van der Waals surface area contributed by atoms with Crippen LogP contribution in [0.2, 0.25) is 0 Å². The molecule has 7 heteroatoms. The van der Waals surface area contributed by atoms with Gasteiger partial charge in [-0.15, -0.1) is 0 Å². The number of amides is 2. The van der Waals surface area contributed by atoms with Gasteiger partial charge in [0.1, 0.15) is 6.04 Å². The second-order valence-electron chi connectivity index (χ2n) is 6.42. The number of unbranched alkanes of at least 4 members (excludes halogenated alkanes) is 6. The van der Waals surface area contributed by atoms with Crippen LogP contribution in [0.1, 0.15) is 84.5 Å². The Kier molecular flexibility index (Phi) is 13.2. The molecule has 0 aromatic carbocycles. The fourth-order valence-electron chi connectivity index (χ4n) is 2.72. The van der Waals surface area contributed by atoms with Crippen molar-refractivity contribution in [2.24, 2.45) is 0 Å². The van der Waals surface area contributed by atoms with Crippen molar-refractivity contribution in [3.8, 4) is 0 Å². The van der Waals surface area contributed by atoms with Crippen LogP contribution in [0, 0.1) is 0 Å². The van der Waals surface area contributed by atoms with Crippen LogP contribution >= 0.6 is 0 Å². The zero-order valence-corrected chi connectivity index (χ0v) is 16.3. The number of carbonyl (C=O) groups excluding carboxylic acids is 3. The van der Waals surface area contributed by atoms with Crippen LogP contribution in [0.3, 0.4) is 0 Å². The molecule has 0 saturated heterocycles. The van der Waals surface area contributed by atoms with Gasteiger partial charge in [0, 0.05) is 12.8 Å². The molecule has 0 aliphatic rings. The summed E-state index contributed by atoms with van der Waals surface area (Å²) in [5.74, 6) is -3.14. The first-order chi connectivity index (χ1) is 12.4. The molecule has 1 unspecified atom stereocenters. The second-order valence-corrected chi connectivity index (χ2v) is 6.42. The van der Waals surface area contributed by atoms with E-state index in [1.807, 2.05) is 13.8 Å². The molecule has 0 fully saturated rings. The molecular formula is C19H33NO6. The molecule has 0 bridgehead atoms. The van der Waals surface area contributed by atoms with Crippen LogP contribution in [0.5, 0.6) is 0 Å². The number of ether oxygens (including phenoxy) is 1. The molecule has 0 rings (SSSR count). The van der Waals surface area contributed by atoms with Crippen molar-refractivity contribution >= 4 is 23.8 Å². The smallest absolute Gasteiger partial charge is 0.329 e. The Bertz CT molecular complexity index is 439. The Hall–Kier alpha value is -1.92. The Labute approximate surface area is 156 Å². The number of rotatable bonds is 14. The molecule has 0 radical (unpaired) electrons. The number of carboxylic acid groups (broad SMARTS) is 1. The summed E-state index contributed by atoms with van der Waals surface area (Å²) in [4.78, 5) is 49.1. The summed E-state index contributed by atoms with van der Waals surface area (Å²) in [6, 6.07) is -1.41. The van der Waals surface area contributed by atoms with E-state index < -0.39 is 36.2 Å². The second kappa shape index (κ2) is 14.3. The van der Waals surface area contributed by atoms with Gasteiger partial charge in [0.25, 0.3) is 0 Å². The zero-order chi connectivity index (χ0) is 19.9. The average Bonchev–Trinajstić information content (AvgIpc) is 2.60. The summed E-state index contributed by atoms with van der Waals surface area (Å²) in [5, 5.41) is 9.08.